The summed E-state index contributed by atoms with van der Waals surface area (Å²) in [6.45, 7) is 7.20. The lowest BCUT2D eigenvalue weighted by atomic mass is 10.3. The zero-order valence-electron chi connectivity index (χ0n) is 9.66. The average Bonchev–Trinajstić information content (AvgIpc) is 2.56. The Morgan fingerprint density at radius 3 is 1.71 bits per heavy atom. The van der Waals surface area contributed by atoms with Gasteiger partial charge in [-0.25, -0.2) is 4.72 Å². The number of hydrogen-bond donors (Lipinski definition) is 3. The Bertz CT molecular complexity index is 142. The van der Waals surface area contributed by atoms with Crippen molar-refractivity contribution in [1.29, 1.82) is 0 Å². The second-order valence-electron chi connectivity index (χ2n) is 3.87. The van der Waals surface area contributed by atoms with Crippen LogP contribution >= 0.6 is 10.8 Å². The lowest BCUT2D eigenvalue weighted by molar-refractivity contribution is 0.276. The predicted octanol–water partition coefficient (Wildman–Crippen LogP) is 1.99. The van der Waals surface area contributed by atoms with Crippen LogP contribution in [0, 0.1) is 0 Å². The molecule has 0 aromatic heterocycles. The summed E-state index contributed by atoms with van der Waals surface area (Å²) in [5, 5.41) is 0. The van der Waals surface area contributed by atoms with E-state index in [4.69, 9.17) is 9.11 Å². The first kappa shape index (κ1) is 14.2. The first-order valence-electron chi connectivity index (χ1n) is 5.02. The minimum absolute atomic E-state index is 0.775. The maximum Gasteiger partial charge on any atom is 0.0416 e. The number of hydrogen-bond acceptors (Lipinski definition) is 4. The van der Waals surface area contributed by atoms with Crippen LogP contribution in [0.2, 0.25) is 0 Å². The number of nitrogens with zero attached hydrogens (tertiary/aromatic N) is 1. The third-order valence-corrected chi connectivity index (χ3v) is 3.03. The van der Waals surface area contributed by atoms with Crippen LogP contribution in [0.1, 0.15) is 26.7 Å². The molecule has 0 aliphatic carbocycles. The average molecular weight is 224 g/mol. The van der Waals surface area contributed by atoms with Crippen molar-refractivity contribution in [2.45, 2.75) is 32.7 Å². The molecular formula is C9H24N2O2S. The molecule has 88 valence electrons. The van der Waals surface area contributed by atoms with E-state index in [1.807, 2.05) is 0 Å². The van der Waals surface area contributed by atoms with Crippen LogP contribution in [0.15, 0.2) is 0 Å². The molecule has 0 aromatic rings. The molecular weight excluding hydrogens is 200 g/mol. The maximum absolute atomic E-state index is 8.35. The van der Waals surface area contributed by atoms with Crippen LogP contribution in [0.3, 0.4) is 0 Å². The summed E-state index contributed by atoms with van der Waals surface area (Å²) < 4.78 is 19.0. The van der Waals surface area contributed by atoms with Gasteiger partial charge in [0.15, 0.2) is 0 Å². The fraction of sp³-hybridized carbons (Fsp3) is 1.00. The minimum Gasteiger partial charge on any atom is -0.301 e. The van der Waals surface area contributed by atoms with Crippen molar-refractivity contribution in [3.05, 3.63) is 0 Å². The van der Waals surface area contributed by atoms with E-state index in [1.54, 1.807) is 0 Å². The highest BCUT2D eigenvalue weighted by atomic mass is 32.3. The first-order valence-corrected chi connectivity index (χ1v) is 6.98. The third kappa shape index (κ3) is 7.58. The zero-order chi connectivity index (χ0) is 11.2. The van der Waals surface area contributed by atoms with E-state index in [1.165, 1.54) is 39.2 Å². The van der Waals surface area contributed by atoms with Gasteiger partial charge in [0.1, 0.15) is 0 Å². The summed E-state index contributed by atoms with van der Waals surface area (Å²) in [6, 6.07) is 0.775. The topological polar surface area (TPSA) is 55.7 Å². The smallest absolute Gasteiger partial charge is 0.0416 e. The van der Waals surface area contributed by atoms with Gasteiger partial charge in [-0.05, 0) is 39.8 Å². The van der Waals surface area contributed by atoms with Crippen LogP contribution < -0.4 is 4.72 Å². The normalized spacial score (nSPS) is 19.4. The molecule has 0 saturated carbocycles. The van der Waals surface area contributed by atoms with Gasteiger partial charge in [-0.15, -0.1) is 10.8 Å². The van der Waals surface area contributed by atoms with Gasteiger partial charge < -0.3 is 4.90 Å². The lowest BCUT2D eigenvalue weighted by Gasteiger charge is -2.24. The van der Waals surface area contributed by atoms with Crippen molar-refractivity contribution in [3.8, 4) is 0 Å². The largest absolute Gasteiger partial charge is 0.301 e. The first-order chi connectivity index (χ1) is 6.37. The van der Waals surface area contributed by atoms with Crippen molar-refractivity contribution in [1.82, 2.24) is 9.62 Å². The van der Waals surface area contributed by atoms with Crippen molar-refractivity contribution in [3.63, 3.8) is 0 Å². The van der Waals surface area contributed by atoms with Gasteiger partial charge >= 0.3 is 0 Å². The van der Waals surface area contributed by atoms with E-state index in [9.17, 15) is 0 Å². The lowest BCUT2D eigenvalue weighted by Crippen LogP contribution is -2.26. The maximum atomic E-state index is 8.35. The van der Waals surface area contributed by atoms with E-state index in [0.29, 0.717) is 0 Å². The van der Waals surface area contributed by atoms with E-state index in [0.717, 1.165) is 6.04 Å². The molecule has 1 fully saturated rings. The Labute approximate surface area is 89.2 Å². The van der Waals surface area contributed by atoms with Gasteiger partial charge in [-0.1, -0.05) is 0 Å². The van der Waals surface area contributed by atoms with E-state index >= 15 is 0 Å². The highest BCUT2D eigenvalue weighted by Gasteiger charge is 2.13. The standard InChI is InChI=1S/C7H15N.C2H9NO2S/c1-7(2)8-5-3-4-6-8;1-3-6(2,4)5/h7H,3-6H2,1-2H3;3-5H,1-2H3. The molecule has 1 rings (SSSR count). The molecule has 1 aliphatic rings. The monoisotopic (exact) mass is 224 g/mol. The molecule has 0 atom stereocenters. The summed E-state index contributed by atoms with van der Waals surface area (Å²) in [6.07, 6.45) is 4.16. The van der Waals surface area contributed by atoms with Crippen molar-refractivity contribution in [2.75, 3.05) is 26.4 Å². The number of likely N-dealkylation sites (tertiary alicyclic amines) is 1. The van der Waals surface area contributed by atoms with Crippen LogP contribution in [0.5, 0.6) is 0 Å². The van der Waals surface area contributed by atoms with Gasteiger partial charge in [0.05, 0.1) is 0 Å². The fourth-order valence-corrected chi connectivity index (χ4v) is 1.26. The number of nitrogens with one attached hydrogen (secondary N) is 1. The summed E-state index contributed by atoms with van der Waals surface area (Å²) in [7, 11) is -0.917. The van der Waals surface area contributed by atoms with E-state index in [2.05, 4.69) is 23.5 Å². The Morgan fingerprint density at radius 1 is 1.21 bits per heavy atom. The summed E-state index contributed by atoms with van der Waals surface area (Å²) in [5.74, 6) is 0. The third-order valence-electron chi connectivity index (χ3n) is 2.26. The molecule has 0 bridgehead atoms. The van der Waals surface area contributed by atoms with Gasteiger partial charge in [0.25, 0.3) is 0 Å². The molecule has 0 unspecified atom stereocenters. The highest BCUT2D eigenvalue weighted by Crippen LogP contribution is 2.24. The second kappa shape index (κ2) is 6.63. The van der Waals surface area contributed by atoms with Crippen LogP contribution in [-0.2, 0) is 0 Å². The zero-order valence-corrected chi connectivity index (χ0v) is 10.5. The molecule has 1 aliphatic heterocycles. The molecule has 4 nitrogen and oxygen atoms in total. The van der Waals surface area contributed by atoms with Crippen molar-refractivity contribution < 1.29 is 9.11 Å². The minimum atomic E-state index is -2.41. The molecule has 1 heterocycles. The molecule has 0 amide bonds. The van der Waals surface area contributed by atoms with Crippen LogP contribution in [0.4, 0.5) is 0 Å². The molecule has 3 N–H and O–H groups in total. The summed E-state index contributed by atoms with van der Waals surface area (Å²) in [5.41, 5.74) is 0. The van der Waals surface area contributed by atoms with Crippen molar-refractivity contribution in [2.24, 2.45) is 0 Å². The Balaban J connectivity index is 0.000000255. The molecule has 0 spiro atoms. The van der Waals surface area contributed by atoms with Gasteiger partial charge in [-0.3, -0.25) is 9.11 Å². The molecule has 1 saturated heterocycles. The quantitative estimate of drug-likeness (QED) is 0.671. The van der Waals surface area contributed by atoms with Gasteiger partial charge in [-0.2, -0.15) is 0 Å². The molecule has 5 heteroatoms. The van der Waals surface area contributed by atoms with Gasteiger partial charge in [0.2, 0.25) is 0 Å². The van der Waals surface area contributed by atoms with Crippen molar-refractivity contribution >= 4 is 10.8 Å². The summed E-state index contributed by atoms with van der Waals surface area (Å²) in [4.78, 5) is 2.53. The van der Waals surface area contributed by atoms with Gasteiger partial charge in [0, 0.05) is 19.3 Å². The summed E-state index contributed by atoms with van der Waals surface area (Å²) >= 11 is 0. The fourth-order valence-electron chi connectivity index (χ4n) is 1.26. The predicted molar refractivity (Wildman–Crippen MR) is 63.8 cm³/mol. The van der Waals surface area contributed by atoms with E-state index < -0.39 is 10.8 Å². The second-order valence-corrected chi connectivity index (χ2v) is 5.95. The van der Waals surface area contributed by atoms with Crippen LogP contribution in [-0.4, -0.2) is 46.4 Å². The molecule has 0 radical (unpaired) electrons. The Morgan fingerprint density at radius 2 is 1.57 bits per heavy atom. The van der Waals surface area contributed by atoms with E-state index in [-0.39, 0.29) is 0 Å². The van der Waals surface area contributed by atoms with Crippen LogP contribution in [0.25, 0.3) is 0 Å². The molecule has 14 heavy (non-hydrogen) atoms. The molecule has 0 aromatic carbocycles. The SMILES string of the molecule is CC(C)N1CCCC1.CNS(C)(O)O. The number of rotatable bonds is 2. The Hall–Kier alpha value is 0.190. The highest BCUT2D eigenvalue weighted by molar-refractivity contribution is 8.22. The Kier molecular flexibility index (Phi) is 6.72.